The lowest BCUT2D eigenvalue weighted by atomic mass is 9.97. The molecule has 8 nitrogen and oxygen atoms in total. The van der Waals surface area contributed by atoms with E-state index in [2.05, 4.69) is 13.8 Å². The third-order valence-electron chi connectivity index (χ3n) is 5.95. The molecule has 8 heteroatoms. The lowest BCUT2D eigenvalue weighted by Crippen LogP contribution is -2.61. The molecular weight excluding hydrogens is 396 g/mol. The average molecular weight is 431 g/mol. The van der Waals surface area contributed by atoms with Gasteiger partial charge in [-0.1, -0.05) is 44.2 Å². The number of fused-ring (bicyclic) bond motifs is 1. The van der Waals surface area contributed by atoms with Gasteiger partial charge >= 0.3 is 6.03 Å². The molecule has 2 fully saturated rings. The lowest BCUT2D eigenvalue weighted by molar-refractivity contribution is -0.143. The highest BCUT2D eigenvalue weighted by atomic mass is 16.5. The molecule has 0 spiro atoms. The van der Waals surface area contributed by atoms with Gasteiger partial charge in [-0.3, -0.25) is 9.59 Å². The number of carbonyl (C=O) groups is 3. The first kappa shape index (κ1) is 23.1. The monoisotopic (exact) mass is 430 g/mol. The van der Waals surface area contributed by atoms with Crippen LogP contribution in [-0.4, -0.2) is 96.5 Å². The van der Waals surface area contributed by atoms with Crippen LogP contribution in [0.1, 0.15) is 25.8 Å². The van der Waals surface area contributed by atoms with Gasteiger partial charge in [-0.05, 0) is 17.9 Å². The van der Waals surface area contributed by atoms with Crippen LogP contribution in [0.3, 0.4) is 0 Å². The molecule has 0 aliphatic carbocycles. The highest BCUT2D eigenvalue weighted by molar-refractivity contribution is 5.91. The van der Waals surface area contributed by atoms with Crippen molar-refractivity contribution in [3.8, 4) is 0 Å². The lowest BCUT2D eigenvalue weighted by Gasteiger charge is -2.42. The Bertz CT molecular complexity index is 785. The molecule has 0 aromatic heterocycles. The molecule has 4 amide bonds. The SMILES string of the molecule is COCCN1C[C@H]2CN(CC(=O)N(C)Cc3ccccc3)C(=O)N2[C@@H](CC(C)C)C1=O. The summed E-state index contributed by atoms with van der Waals surface area (Å²) >= 11 is 0. The number of amides is 4. The number of nitrogens with zero attached hydrogens (tertiary/aromatic N) is 4. The van der Waals surface area contributed by atoms with Crippen LogP contribution in [0.15, 0.2) is 30.3 Å². The summed E-state index contributed by atoms with van der Waals surface area (Å²) in [6.45, 7) is 6.54. The van der Waals surface area contributed by atoms with Gasteiger partial charge in [0.2, 0.25) is 11.8 Å². The van der Waals surface area contributed by atoms with Crippen molar-refractivity contribution >= 4 is 17.8 Å². The summed E-state index contributed by atoms with van der Waals surface area (Å²) < 4.78 is 5.16. The first-order valence-corrected chi connectivity index (χ1v) is 10.9. The molecule has 0 unspecified atom stereocenters. The molecule has 2 saturated heterocycles. The van der Waals surface area contributed by atoms with E-state index in [9.17, 15) is 14.4 Å². The molecule has 2 aliphatic heterocycles. The molecule has 170 valence electrons. The summed E-state index contributed by atoms with van der Waals surface area (Å²) in [5.41, 5.74) is 1.04. The Kier molecular flexibility index (Phi) is 7.54. The highest BCUT2D eigenvalue weighted by Crippen LogP contribution is 2.29. The standard InChI is InChI=1S/C23H34N4O4/c1-17(2)12-20-22(29)25(10-11-31-4)14-19-15-26(23(30)27(19)20)16-21(28)24(3)13-18-8-6-5-7-9-18/h5-9,17,19-20H,10-16H2,1-4H3/t19-,20-/m0/s1. The molecule has 0 N–H and O–H groups in total. The van der Waals surface area contributed by atoms with E-state index in [0.717, 1.165) is 5.56 Å². The highest BCUT2D eigenvalue weighted by Gasteiger charge is 2.49. The normalized spacial score (nSPS) is 21.1. The maximum atomic E-state index is 13.2. The third kappa shape index (κ3) is 5.36. The fourth-order valence-corrected chi connectivity index (χ4v) is 4.37. The second-order valence-corrected chi connectivity index (χ2v) is 8.88. The van der Waals surface area contributed by atoms with E-state index in [1.54, 1.807) is 33.8 Å². The van der Waals surface area contributed by atoms with Crippen molar-refractivity contribution in [3.05, 3.63) is 35.9 Å². The first-order valence-electron chi connectivity index (χ1n) is 10.9. The summed E-state index contributed by atoms with van der Waals surface area (Å²) in [5, 5.41) is 0. The van der Waals surface area contributed by atoms with Gasteiger partial charge in [-0.2, -0.15) is 0 Å². The molecule has 31 heavy (non-hydrogen) atoms. The number of urea groups is 1. The van der Waals surface area contributed by atoms with Crippen LogP contribution in [0, 0.1) is 5.92 Å². The second-order valence-electron chi connectivity index (χ2n) is 8.88. The fourth-order valence-electron chi connectivity index (χ4n) is 4.37. The molecule has 2 heterocycles. The zero-order valence-electron chi connectivity index (χ0n) is 19.0. The molecule has 0 saturated carbocycles. The number of benzene rings is 1. The van der Waals surface area contributed by atoms with Gasteiger partial charge in [-0.15, -0.1) is 0 Å². The Morgan fingerprint density at radius 3 is 2.48 bits per heavy atom. The fraction of sp³-hybridized carbons (Fsp3) is 0.609. The predicted octanol–water partition coefficient (Wildman–Crippen LogP) is 1.65. The number of hydrogen-bond donors (Lipinski definition) is 0. The van der Waals surface area contributed by atoms with Crippen LogP contribution in [0.5, 0.6) is 0 Å². The second kappa shape index (κ2) is 10.1. The summed E-state index contributed by atoms with van der Waals surface area (Å²) in [5.74, 6) is 0.141. The molecule has 0 radical (unpaired) electrons. The molecule has 1 aromatic carbocycles. The topological polar surface area (TPSA) is 73.4 Å². The molecule has 3 rings (SSSR count). The van der Waals surface area contributed by atoms with Crippen molar-refractivity contribution in [1.29, 1.82) is 0 Å². The average Bonchev–Trinajstić information content (AvgIpc) is 3.04. The molecule has 0 bridgehead atoms. The smallest absolute Gasteiger partial charge is 0.321 e. The zero-order valence-corrected chi connectivity index (χ0v) is 19.0. The molecule has 2 atom stereocenters. The molecule has 1 aromatic rings. The van der Waals surface area contributed by atoms with Crippen LogP contribution < -0.4 is 0 Å². The number of methoxy groups -OCH3 is 1. The van der Waals surface area contributed by atoms with Crippen molar-refractivity contribution in [2.45, 2.75) is 38.9 Å². The Labute approximate surface area is 184 Å². The van der Waals surface area contributed by atoms with Crippen LogP contribution in [0.2, 0.25) is 0 Å². The molecular formula is C23H34N4O4. The zero-order chi connectivity index (χ0) is 22.5. The molecule has 2 aliphatic rings. The van der Waals surface area contributed by atoms with Crippen LogP contribution in [-0.2, 0) is 20.9 Å². The van der Waals surface area contributed by atoms with Crippen LogP contribution >= 0.6 is 0 Å². The number of likely N-dealkylation sites (N-methyl/N-ethyl adjacent to an activating group) is 1. The van der Waals surface area contributed by atoms with E-state index in [-0.39, 0.29) is 36.3 Å². The largest absolute Gasteiger partial charge is 0.383 e. The number of rotatable bonds is 9. The van der Waals surface area contributed by atoms with E-state index in [1.807, 2.05) is 30.3 Å². The minimum absolute atomic E-state index is 0.0234. The summed E-state index contributed by atoms with van der Waals surface area (Å²) in [6.07, 6.45) is 0.611. The maximum absolute atomic E-state index is 13.2. The number of carbonyl (C=O) groups excluding carboxylic acids is 3. The van der Waals surface area contributed by atoms with Crippen LogP contribution in [0.25, 0.3) is 0 Å². The van der Waals surface area contributed by atoms with Gasteiger partial charge in [0.05, 0.1) is 12.6 Å². The summed E-state index contributed by atoms with van der Waals surface area (Å²) in [4.78, 5) is 45.8. The summed E-state index contributed by atoms with van der Waals surface area (Å²) in [6, 6.07) is 8.98. The van der Waals surface area contributed by atoms with E-state index < -0.39 is 6.04 Å². The van der Waals surface area contributed by atoms with Crippen molar-refractivity contribution in [2.75, 3.05) is 46.9 Å². The van der Waals surface area contributed by atoms with Gasteiger partial charge in [-0.25, -0.2) is 4.79 Å². The predicted molar refractivity (Wildman–Crippen MR) is 117 cm³/mol. The van der Waals surface area contributed by atoms with Crippen LogP contribution in [0.4, 0.5) is 4.79 Å². The van der Waals surface area contributed by atoms with Gasteiger partial charge in [0.25, 0.3) is 0 Å². The van der Waals surface area contributed by atoms with Crippen molar-refractivity contribution in [1.82, 2.24) is 19.6 Å². The Morgan fingerprint density at radius 2 is 1.84 bits per heavy atom. The van der Waals surface area contributed by atoms with E-state index in [4.69, 9.17) is 4.74 Å². The van der Waals surface area contributed by atoms with Gasteiger partial charge in [0.1, 0.15) is 12.6 Å². The maximum Gasteiger partial charge on any atom is 0.321 e. The Morgan fingerprint density at radius 1 is 1.16 bits per heavy atom. The third-order valence-corrected chi connectivity index (χ3v) is 5.95. The number of hydrogen-bond acceptors (Lipinski definition) is 4. The van der Waals surface area contributed by atoms with Gasteiger partial charge in [0, 0.05) is 40.3 Å². The summed E-state index contributed by atoms with van der Waals surface area (Å²) in [7, 11) is 3.37. The quantitative estimate of drug-likeness (QED) is 0.597. The van der Waals surface area contributed by atoms with Gasteiger partial charge < -0.3 is 24.3 Å². The first-order chi connectivity index (χ1) is 14.8. The van der Waals surface area contributed by atoms with Crippen molar-refractivity contribution in [2.24, 2.45) is 5.92 Å². The van der Waals surface area contributed by atoms with Crippen molar-refractivity contribution in [3.63, 3.8) is 0 Å². The van der Waals surface area contributed by atoms with E-state index >= 15 is 0 Å². The minimum Gasteiger partial charge on any atom is -0.383 e. The Balaban J connectivity index is 1.68. The van der Waals surface area contributed by atoms with E-state index in [0.29, 0.717) is 39.2 Å². The van der Waals surface area contributed by atoms with Gasteiger partial charge in [0.15, 0.2) is 0 Å². The minimum atomic E-state index is -0.481. The number of ether oxygens (including phenoxy) is 1. The van der Waals surface area contributed by atoms with E-state index in [1.165, 1.54) is 0 Å². The number of piperazine rings is 1. The van der Waals surface area contributed by atoms with Crippen molar-refractivity contribution < 1.29 is 19.1 Å². The Hall–Kier alpha value is -2.61.